The zero-order valence-electron chi connectivity index (χ0n) is 11.9. The second kappa shape index (κ2) is 8.73. The third-order valence-corrected chi connectivity index (χ3v) is 4.67. The van der Waals surface area contributed by atoms with Crippen LogP contribution < -0.4 is 5.32 Å². The van der Waals surface area contributed by atoms with Gasteiger partial charge in [0.05, 0.1) is 0 Å². The molecule has 112 valence electrons. The van der Waals surface area contributed by atoms with Crippen LogP contribution >= 0.6 is 38.5 Å². The highest BCUT2D eigenvalue weighted by atomic mass is 127. The van der Waals surface area contributed by atoms with E-state index in [1.807, 2.05) is 30.3 Å². The van der Waals surface area contributed by atoms with Crippen molar-refractivity contribution in [3.63, 3.8) is 0 Å². The van der Waals surface area contributed by atoms with Crippen LogP contribution in [0.15, 0.2) is 40.9 Å². The quantitative estimate of drug-likeness (QED) is 0.338. The molecule has 0 aliphatic carbocycles. The number of rotatable bonds is 7. The minimum atomic E-state index is 0.0220. The van der Waals surface area contributed by atoms with E-state index >= 15 is 0 Å². The molecule has 1 N–H and O–H groups in total. The smallest absolute Gasteiger partial charge is 0.251 e. The minimum absolute atomic E-state index is 0.0220. The number of hydrogen-bond donors (Lipinski definition) is 1. The van der Waals surface area contributed by atoms with Crippen molar-refractivity contribution in [2.45, 2.75) is 25.7 Å². The molecule has 0 aromatic heterocycles. The molecule has 0 radical (unpaired) electrons. The van der Waals surface area contributed by atoms with Crippen molar-refractivity contribution < 1.29 is 4.79 Å². The summed E-state index contributed by atoms with van der Waals surface area (Å²) >= 11 is 5.86. The van der Waals surface area contributed by atoms with Gasteiger partial charge in [-0.05, 0) is 52.3 Å². The van der Waals surface area contributed by atoms with E-state index in [2.05, 4.69) is 49.9 Å². The van der Waals surface area contributed by atoms with E-state index < -0.39 is 0 Å². The lowest BCUT2D eigenvalue weighted by Gasteiger charge is -2.06. The van der Waals surface area contributed by atoms with E-state index in [9.17, 15) is 4.79 Å². The van der Waals surface area contributed by atoms with Gasteiger partial charge in [-0.2, -0.15) is 0 Å². The van der Waals surface area contributed by atoms with Gasteiger partial charge in [0.25, 0.3) is 5.91 Å². The van der Waals surface area contributed by atoms with E-state index in [1.54, 1.807) is 0 Å². The summed E-state index contributed by atoms with van der Waals surface area (Å²) < 4.78 is 2.27. The Balaban J connectivity index is 1.89. The number of nitrogens with one attached hydrogen (secondary N) is 1. The van der Waals surface area contributed by atoms with Gasteiger partial charge in [0.15, 0.2) is 0 Å². The number of carbonyl (C=O) groups excluding carboxylic acids is 1. The molecule has 2 aromatic carbocycles. The number of amides is 1. The van der Waals surface area contributed by atoms with Gasteiger partial charge in [-0.3, -0.25) is 4.79 Å². The summed E-state index contributed by atoms with van der Waals surface area (Å²) in [7, 11) is 0. The van der Waals surface area contributed by atoms with E-state index in [-0.39, 0.29) is 5.91 Å². The van der Waals surface area contributed by atoms with Crippen LogP contribution in [0.3, 0.4) is 0 Å². The number of fused-ring (bicyclic) bond motifs is 1. The van der Waals surface area contributed by atoms with Crippen LogP contribution in [-0.4, -0.2) is 16.9 Å². The van der Waals surface area contributed by atoms with E-state index in [0.29, 0.717) is 0 Å². The van der Waals surface area contributed by atoms with Gasteiger partial charge >= 0.3 is 0 Å². The van der Waals surface area contributed by atoms with Crippen molar-refractivity contribution in [2.24, 2.45) is 0 Å². The van der Waals surface area contributed by atoms with Gasteiger partial charge in [-0.15, -0.1) is 0 Å². The van der Waals surface area contributed by atoms with Crippen molar-refractivity contribution in [1.82, 2.24) is 5.32 Å². The highest BCUT2D eigenvalue weighted by molar-refractivity contribution is 14.1. The fraction of sp³-hybridized carbons (Fsp3) is 0.353. The topological polar surface area (TPSA) is 29.1 Å². The van der Waals surface area contributed by atoms with Crippen LogP contribution in [-0.2, 0) is 0 Å². The highest BCUT2D eigenvalue weighted by Gasteiger charge is 2.05. The van der Waals surface area contributed by atoms with Crippen molar-refractivity contribution in [2.75, 3.05) is 11.0 Å². The lowest BCUT2D eigenvalue weighted by molar-refractivity contribution is 0.0953. The zero-order valence-corrected chi connectivity index (χ0v) is 15.6. The average molecular weight is 460 g/mol. The van der Waals surface area contributed by atoms with E-state index in [0.717, 1.165) is 33.8 Å². The van der Waals surface area contributed by atoms with Gasteiger partial charge in [0.2, 0.25) is 0 Å². The van der Waals surface area contributed by atoms with Crippen molar-refractivity contribution >= 4 is 55.2 Å². The molecule has 2 nitrogen and oxygen atoms in total. The Morgan fingerprint density at radius 1 is 1.00 bits per heavy atom. The van der Waals surface area contributed by atoms with Gasteiger partial charge in [-0.1, -0.05) is 63.5 Å². The molecule has 0 fully saturated rings. The zero-order chi connectivity index (χ0) is 15.1. The maximum absolute atomic E-state index is 12.1. The summed E-state index contributed by atoms with van der Waals surface area (Å²) in [6, 6.07) is 11.9. The fourth-order valence-corrected chi connectivity index (χ4v) is 3.15. The molecule has 0 heterocycles. The molecule has 21 heavy (non-hydrogen) atoms. The summed E-state index contributed by atoms with van der Waals surface area (Å²) in [5.41, 5.74) is 0.733. The molecule has 0 bridgehead atoms. The predicted molar refractivity (Wildman–Crippen MR) is 101 cm³/mol. The third kappa shape index (κ3) is 5.25. The van der Waals surface area contributed by atoms with Crippen LogP contribution in [0.2, 0.25) is 0 Å². The van der Waals surface area contributed by atoms with Crippen molar-refractivity contribution in [3.8, 4) is 0 Å². The first-order valence-electron chi connectivity index (χ1n) is 7.24. The molecule has 0 spiro atoms. The molecular weight excluding hydrogens is 441 g/mol. The third-order valence-electron chi connectivity index (χ3n) is 3.41. The SMILES string of the molecule is O=C(NCCCCCCI)c1ccc2cc(Br)ccc2c1. The van der Waals surface area contributed by atoms with Gasteiger partial charge in [0.1, 0.15) is 0 Å². The second-order valence-corrected chi connectivity index (χ2v) is 7.06. The van der Waals surface area contributed by atoms with Gasteiger partial charge in [-0.25, -0.2) is 0 Å². The summed E-state index contributed by atoms with van der Waals surface area (Å²) in [4.78, 5) is 12.1. The summed E-state index contributed by atoms with van der Waals surface area (Å²) in [6.45, 7) is 0.762. The Labute approximate surface area is 148 Å². The fourth-order valence-electron chi connectivity index (χ4n) is 2.23. The first kappa shape index (κ1) is 16.7. The second-order valence-electron chi connectivity index (χ2n) is 5.07. The number of carbonyl (C=O) groups is 1. The number of unbranched alkanes of at least 4 members (excludes halogenated alkanes) is 3. The highest BCUT2D eigenvalue weighted by Crippen LogP contribution is 2.20. The standard InChI is InChI=1S/C17H19BrINO/c18-16-8-7-13-11-15(6-5-14(13)12-16)17(21)20-10-4-2-1-3-9-19/h5-8,11-12H,1-4,9-10H2,(H,20,21). The molecule has 4 heteroatoms. The van der Waals surface area contributed by atoms with Crippen LogP contribution in [0.25, 0.3) is 10.8 Å². The maximum Gasteiger partial charge on any atom is 0.251 e. The molecule has 0 aliphatic heterocycles. The number of halogens is 2. The van der Waals surface area contributed by atoms with Crippen LogP contribution in [0, 0.1) is 0 Å². The Morgan fingerprint density at radius 3 is 2.52 bits per heavy atom. The Morgan fingerprint density at radius 2 is 1.71 bits per heavy atom. The minimum Gasteiger partial charge on any atom is -0.352 e. The molecule has 0 saturated heterocycles. The Bertz CT molecular complexity index is 615. The maximum atomic E-state index is 12.1. The Kier molecular flexibility index (Phi) is 6.96. The molecule has 0 unspecified atom stereocenters. The Hall–Kier alpha value is -0.620. The molecule has 0 atom stereocenters. The molecular formula is C17H19BrINO. The average Bonchev–Trinajstić information content (AvgIpc) is 2.50. The van der Waals surface area contributed by atoms with E-state index in [1.165, 1.54) is 23.7 Å². The first-order valence-corrected chi connectivity index (χ1v) is 9.56. The number of alkyl halides is 1. The molecule has 0 aliphatic rings. The van der Waals surface area contributed by atoms with Crippen LogP contribution in [0.5, 0.6) is 0 Å². The summed E-state index contributed by atoms with van der Waals surface area (Å²) in [5, 5.41) is 5.23. The van der Waals surface area contributed by atoms with Gasteiger partial charge in [0, 0.05) is 16.6 Å². The largest absolute Gasteiger partial charge is 0.352 e. The molecule has 2 rings (SSSR count). The number of benzene rings is 2. The van der Waals surface area contributed by atoms with Crippen molar-refractivity contribution in [1.29, 1.82) is 0 Å². The van der Waals surface area contributed by atoms with Crippen molar-refractivity contribution in [3.05, 3.63) is 46.4 Å². The van der Waals surface area contributed by atoms with Crippen LogP contribution in [0.4, 0.5) is 0 Å². The molecule has 0 saturated carbocycles. The molecule has 2 aromatic rings. The van der Waals surface area contributed by atoms with E-state index in [4.69, 9.17) is 0 Å². The predicted octanol–water partition coefficient (Wildman–Crippen LogP) is 5.33. The van der Waals surface area contributed by atoms with Gasteiger partial charge < -0.3 is 5.32 Å². The molecule has 1 amide bonds. The first-order chi connectivity index (χ1) is 10.2. The van der Waals surface area contributed by atoms with Crippen LogP contribution in [0.1, 0.15) is 36.0 Å². The lowest BCUT2D eigenvalue weighted by Crippen LogP contribution is -2.24. The normalized spacial score (nSPS) is 10.8. The lowest BCUT2D eigenvalue weighted by atomic mass is 10.1. The summed E-state index contributed by atoms with van der Waals surface area (Å²) in [6.07, 6.45) is 4.77. The number of hydrogen-bond acceptors (Lipinski definition) is 1. The monoisotopic (exact) mass is 459 g/mol. The summed E-state index contributed by atoms with van der Waals surface area (Å²) in [5.74, 6) is 0.0220.